The molecule has 0 aromatic carbocycles. The maximum absolute atomic E-state index is 10.9. The highest BCUT2D eigenvalue weighted by Crippen LogP contribution is 1.96. The van der Waals surface area contributed by atoms with Crippen molar-refractivity contribution in [3.05, 3.63) is 25.2 Å². The molecule has 0 unspecified atom stereocenters. The van der Waals surface area contributed by atoms with E-state index < -0.39 is 5.97 Å². The lowest BCUT2D eigenvalue weighted by molar-refractivity contribution is -0.143. The molecule has 13 heavy (non-hydrogen) atoms. The number of hydrogen-bond donors (Lipinski definition) is 0. The van der Waals surface area contributed by atoms with E-state index in [2.05, 4.69) is 17.9 Å². The van der Waals surface area contributed by atoms with E-state index in [1.807, 2.05) is 6.92 Å². The first kappa shape index (κ1) is 11.7. The molecule has 0 saturated heterocycles. The number of carbonyl (C=O) groups excluding carboxylic acids is 1. The van der Waals surface area contributed by atoms with Crippen LogP contribution in [0.5, 0.6) is 0 Å². The molecule has 0 radical (unpaired) electrons. The summed E-state index contributed by atoms with van der Waals surface area (Å²) in [6.07, 6.45) is 1.12. The van der Waals surface area contributed by atoms with Gasteiger partial charge in [-0.3, -0.25) is 0 Å². The third-order valence-corrected chi connectivity index (χ3v) is 1.12. The Hall–Kier alpha value is -1.29. The van der Waals surface area contributed by atoms with Crippen LogP contribution in [0, 0.1) is 0 Å². The van der Waals surface area contributed by atoms with Crippen LogP contribution in [0.3, 0.4) is 0 Å². The Morgan fingerprint density at radius 3 is 2.69 bits per heavy atom. The van der Waals surface area contributed by atoms with Crippen LogP contribution in [0.4, 0.5) is 0 Å². The van der Waals surface area contributed by atoms with E-state index in [9.17, 15) is 4.79 Å². The highest BCUT2D eigenvalue weighted by atomic mass is 16.6. The summed E-state index contributed by atoms with van der Waals surface area (Å²) in [6.45, 7) is 9.65. The predicted molar refractivity (Wildman–Crippen MR) is 47.9 cm³/mol. The van der Waals surface area contributed by atoms with Crippen LogP contribution in [0.25, 0.3) is 0 Å². The normalized spacial score (nSPS) is 9.00. The van der Waals surface area contributed by atoms with Crippen LogP contribution < -0.4 is 0 Å². The van der Waals surface area contributed by atoms with Crippen molar-refractivity contribution in [2.45, 2.75) is 6.92 Å². The highest BCUT2D eigenvalue weighted by Gasteiger charge is 2.07. The monoisotopic (exact) mass is 186 g/mol. The summed E-state index contributed by atoms with van der Waals surface area (Å²) in [6, 6.07) is 0. The van der Waals surface area contributed by atoms with Crippen molar-refractivity contribution in [2.24, 2.45) is 0 Å². The van der Waals surface area contributed by atoms with Crippen LogP contribution in [0.15, 0.2) is 25.2 Å². The van der Waals surface area contributed by atoms with Gasteiger partial charge in [0.05, 0.1) is 12.9 Å². The average Bonchev–Trinajstić information content (AvgIpc) is 2.12. The van der Waals surface area contributed by atoms with Crippen molar-refractivity contribution in [1.82, 2.24) is 0 Å². The Bertz CT molecular complexity index is 186. The minimum absolute atomic E-state index is 0.0773. The topological polar surface area (TPSA) is 44.8 Å². The summed E-state index contributed by atoms with van der Waals surface area (Å²) in [5.74, 6) is -0.675. The molecule has 0 aromatic rings. The first-order valence-corrected chi connectivity index (χ1v) is 3.93. The van der Waals surface area contributed by atoms with Crippen molar-refractivity contribution in [1.29, 1.82) is 0 Å². The molecule has 0 aliphatic heterocycles. The summed E-state index contributed by atoms with van der Waals surface area (Å²) in [4.78, 5) is 10.9. The average molecular weight is 186 g/mol. The van der Waals surface area contributed by atoms with Crippen LogP contribution >= 0.6 is 0 Å². The fourth-order valence-corrected chi connectivity index (χ4v) is 0.567. The Morgan fingerprint density at radius 1 is 1.46 bits per heavy atom. The minimum Gasteiger partial charge on any atom is -0.459 e. The summed E-state index contributed by atoms with van der Waals surface area (Å²) >= 11 is 0. The lowest BCUT2D eigenvalue weighted by atomic mass is 10.6. The number of rotatable bonds is 7. The number of carbonyl (C=O) groups is 1. The minimum atomic E-state index is -0.598. The fraction of sp³-hybridized carbons (Fsp3) is 0.444. The molecule has 0 fully saturated rings. The molecule has 4 nitrogen and oxygen atoms in total. The highest BCUT2D eigenvalue weighted by molar-refractivity contribution is 5.85. The van der Waals surface area contributed by atoms with Gasteiger partial charge in [-0.1, -0.05) is 6.58 Å². The van der Waals surface area contributed by atoms with Gasteiger partial charge in [0.25, 0.3) is 0 Å². The Balaban J connectivity index is 3.50. The van der Waals surface area contributed by atoms with E-state index >= 15 is 0 Å². The van der Waals surface area contributed by atoms with Crippen molar-refractivity contribution in [3.63, 3.8) is 0 Å². The van der Waals surface area contributed by atoms with Crippen molar-refractivity contribution in [2.75, 3.05) is 19.8 Å². The molecule has 0 aliphatic rings. The standard InChI is InChI=1S/C9H14O4/c1-4-11-6-7-13-9(10)8(3)12-5-2/h5H,2-4,6-7H2,1H3. The van der Waals surface area contributed by atoms with Gasteiger partial charge in [-0.05, 0) is 13.5 Å². The third kappa shape index (κ3) is 5.93. The second kappa shape index (κ2) is 7.36. The van der Waals surface area contributed by atoms with Gasteiger partial charge in [-0.25, -0.2) is 4.79 Å². The SMILES string of the molecule is C=COC(=C)C(=O)OCCOCC. The van der Waals surface area contributed by atoms with E-state index in [0.717, 1.165) is 6.26 Å². The fourth-order valence-electron chi connectivity index (χ4n) is 0.567. The molecule has 0 atom stereocenters. The van der Waals surface area contributed by atoms with Gasteiger partial charge in [-0.2, -0.15) is 0 Å². The first-order valence-electron chi connectivity index (χ1n) is 3.93. The zero-order valence-corrected chi connectivity index (χ0v) is 7.75. The zero-order valence-electron chi connectivity index (χ0n) is 7.75. The molecule has 0 bridgehead atoms. The second-order valence-electron chi connectivity index (χ2n) is 2.04. The van der Waals surface area contributed by atoms with Gasteiger partial charge in [-0.15, -0.1) is 0 Å². The van der Waals surface area contributed by atoms with E-state index in [1.165, 1.54) is 0 Å². The Kier molecular flexibility index (Phi) is 6.63. The van der Waals surface area contributed by atoms with Gasteiger partial charge in [0.1, 0.15) is 6.61 Å². The molecule has 0 aromatic heterocycles. The Labute approximate surface area is 77.8 Å². The summed E-state index contributed by atoms with van der Waals surface area (Å²) in [5.41, 5.74) is 0. The molecular weight excluding hydrogens is 172 g/mol. The van der Waals surface area contributed by atoms with Gasteiger partial charge >= 0.3 is 5.97 Å². The van der Waals surface area contributed by atoms with E-state index in [1.54, 1.807) is 0 Å². The summed E-state index contributed by atoms with van der Waals surface area (Å²) in [5, 5.41) is 0. The molecule has 0 amide bonds. The predicted octanol–water partition coefficient (Wildman–Crippen LogP) is 1.24. The van der Waals surface area contributed by atoms with Gasteiger partial charge in [0.2, 0.25) is 5.76 Å². The summed E-state index contributed by atoms with van der Waals surface area (Å²) < 4.78 is 14.3. The van der Waals surface area contributed by atoms with Gasteiger partial charge < -0.3 is 14.2 Å². The molecule has 0 rings (SSSR count). The zero-order chi connectivity index (χ0) is 10.1. The van der Waals surface area contributed by atoms with Gasteiger partial charge in [0, 0.05) is 6.61 Å². The quantitative estimate of drug-likeness (QED) is 0.260. The number of hydrogen-bond acceptors (Lipinski definition) is 4. The van der Waals surface area contributed by atoms with Gasteiger partial charge in [0.15, 0.2) is 0 Å². The van der Waals surface area contributed by atoms with Crippen LogP contribution in [0.2, 0.25) is 0 Å². The molecule has 4 heteroatoms. The second-order valence-corrected chi connectivity index (χ2v) is 2.04. The lowest BCUT2D eigenvalue weighted by Crippen LogP contribution is -2.12. The molecule has 0 spiro atoms. The van der Waals surface area contributed by atoms with Crippen molar-refractivity contribution in [3.8, 4) is 0 Å². The maximum Gasteiger partial charge on any atom is 0.373 e. The maximum atomic E-state index is 10.9. The first-order chi connectivity index (χ1) is 6.22. The van der Waals surface area contributed by atoms with E-state index in [4.69, 9.17) is 9.47 Å². The van der Waals surface area contributed by atoms with Crippen LogP contribution in [-0.2, 0) is 19.0 Å². The van der Waals surface area contributed by atoms with E-state index in [0.29, 0.717) is 13.2 Å². The van der Waals surface area contributed by atoms with Crippen LogP contribution in [-0.4, -0.2) is 25.8 Å². The molecule has 0 saturated carbocycles. The number of esters is 1. The molecule has 0 aliphatic carbocycles. The van der Waals surface area contributed by atoms with Crippen molar-refractivity contribution >= 4 is 5.97 Å². The van der Waals surface area contributed by atoms with Crippen LogP contribution in [0.1, 0.15) is 6.92 Å². The molecule has 0 N–H and O–H groups in total. The molecule has 74 valence electrons. The largest absolute Gasteiger partial charge is 0.459 e. The molecular formula is C9H14O4. The third-order valence-electron chi connectivity index (χ3n) is 1.12. The molecule has 0 heterocycles. The lowest BCUT2D eigenvalue weighted by Gasteiger charge is -2.05. The van der Waals surface area contributed by atoms with E-state index in [-0.39, 0.29) is 12.4 Å². The summed E-state index contributed by atoms with van der Waals surface area (Å²) in [7, 11) is 0. The number of ether oxygens (including phenoxy) is 3. The van der Waals surface area contributed by atoms with Crippen molar-refractivity contribution < 1.29 is 19.0 Å². The Morgan fingerprint density at radius 2 is 2.15 bits per heavy atom. The smallest absolute Gasteiger partial charge is 0.373 e.